The van der Waals surface area contributed by atoms with E-state index in [4.69, 9.17) is 0 Å². The lowest BCUT2D eigenvalue weighted by atomic mass is 10.1. The highest BCUT2D eigenvalue weighted by Crippen LogP contribution is 2.28. The summed E-state index contributed by atoms with van der Waals surface area (Å²) in [5, 5.41) is 18.4. The molecule has 0 aliphatic carbocycles. The SMILES string of the molecule is O=C(Cc1ccccc1[N+](=O)[O-])Nc1nc(-c2ccc3ccccc3c2)cs1. The molecule has 3 aromatic carbocycles. The zero-order valence-electron chi connectivity index (χ0n) is 14.7. The van der Waals surface area contributed by atoms with Gasteiger partial charge in [-0.25, -0.2) is 4.98 Å². The third-order valence-corrected chi connectivity index (χ3v) is 5.09. The largest absolute Gasteiger partial charge is 0.302 e. The van der Waals surface area contributed by atoms with Gasteiger partial charge in [0, 0.05) is 22.6 Å². The summed E-state index contributed by atoms with van der Waals surface area (Å²) in [4.78, 5) is 27.4. The molecule has 4 rings (SSSR count). The summed E-state index contributed by atoms with van der Waals surface area (Å²) in [5.74, 6) is -0.339. The van der Waals surface area contributed by atoms with E-state index in [0.717, 1.165) is 22.0 Å². The molecule has 0 bridgehead atoms. The van der Waals surface area contributed by atoms with E-state index in [9.17, 15) is 14.9 Å². The van der Waals surface area contributed by atoms with Gasteiger partial charge in [0.05, 0.1) is 17.0 Å². The van der Waals surface area contributed by atoms with E-state index in [2.05, 4.69) is 22.4 Å². The van der Waals surface area contributed by atoms with Crippen molar-refractivity contribution in [3.05, 3.63) is 87.8 Å². The van der Waals surface area contributed by atoms with Crippen molar-refractivity contribution < 1.29 is 9.72 Å². The molecule has 1 aromatic heterocycles. The van der Waals surface area contributed by atoms with Crippen LogP contribution in [0.4, 0.5) is 10.8 Å². The molecule has 0 saturated carbocycles. The Morgan fingerprint density at radius 3 is 2.61 bits per heavy atom. The van der Waals surface area contributed by atoms with Crippen molar-refractivity contribution in [3.63, 3.8) is 0 Å². The summed E-state index contributed by atoms with van der Waals surface area (Å²) in [6.07, 6.45) is -0.0813. The standard InChI is InChI=1S/C21H15N3O3S/c25-20(12-17-7-3-4-8-19(17)24(26)27)23-21-22-18(13-28-21)16-10-9-14-5-1-2-6-15(14)11-16/h1-11,13H,12H2,(H,22,23,25). The van der Waals surface area contributed by atoms with Crippen LogP contribution in [0.5, 0.6) is 0 Å². The second-order valence-corrected chi connectivity index (χ2v) is 7.07. The first-order valence-electron chi connectivity index (χ1n) is 8.57. The van der Waals surface area contributed by atoms with E-state index in [-0.39, 0.29) is 18.0 Å². The van der Waals surface area contributed by atoms with Gasteiger partial charge in [0.2, 0.25) is 5.91 Å². The smallest absolute Gasteiger partial charge is 0.273 e. The lowest BCUT2D eigenvalue weighted by molar-refractivity contribution is -0.385. The van der Waals surface area contributed by atoms with Crippen LogP contribution in [0.15, 0.2) is 72.1 Å². The number of benzene rings is 3. The molecule has 1 amide bonds. The Bertz CT molecular complexity index is 1190. The van der Waals surface area contributed by atoms with Gasteiger partial charge in [-0.3, -0.25) is 14.9 Å². The van der Waals surface area contributed by atoms with Gasteiger partial charge in [-0.15, -0.1) is 11.3 Å². The number of rotatable bonds is 5. The van der Waals surface area contributed by atoms with Crippen LogP contribution >= 0.6 is 11.3 Å². The number of aromatic nitrogens is 1. The number of carbonyl (C=O) groups is 1. The summed E-state index contributed by atoms with van der Waals surface area (Å²) >= 11 is 1.32. The third-order valence-electron chi connectivity index (χ3n) is 4.34. The highest BCUT2D eigenvalue weighted by atomic mass is 32.1. The van der Waals surface area contributed by atoms with Crippen LogP contribution in [0.1, 0.15) is 5.56 Å². The number of nitro benzene ring substituents is 1. The zero-order valence-corrected chi connectivity index (χ0v) is 15.5. The number of hydrogen-bond acceptors (Lipinski definition) is 5. The fourth-order valence-corrected chi connectivity index (χ4v) is 3.72. The lowest BCUT2D eigenvalue weighted by Crippen LogP contribution is -2.15. The molecule has 1 N–H and O–H groups in total. The summed E-state index contributed by atoms with van der Waals surface area (Å²) < 4.78 is 0. The number of nitro groups is 1. The third kappa shape index (κ3) is 3.74. The molecule has 0 radical (unpaired) electrons. The predicted octanol–water partition coefficient (Wildman–Crippen LogP) is 5.05. The monoisotopic (exact) mass is 389 g/mol. The highest BCUT2D eigenvalue weighted by molar-refractivity contribution is 7.14. The Morgan fingerprint density at radius 2 is 1.79 bits per heavy atom. The summed E-state index contributed by atoms with van der Waals surface area (Å²) in [6, 6.07) is 20.4. The Hall–Kier alpha value is -3.58. The van der Waals surface area contributed by atoms with Crippen LogP contribution in [0, 0.1) is 10.1 Å². The van der Waals surface area contributed by atoms with Gasteiger partial charge < -0.3 is 5.32 Å². The first kappa shape index (κ1) is 17.8. The number of nitrogens with one attached hydrogen (secondary N) is 1. The maximum atomic E-state index is 12.3. The molecule has 0 aliphatic heterocycles. The van der Waals surface area contributed by atoms with Crippen molar-refractivity contribution >= 4 is 38.8 Å². The first-order valence-corrected chi connectivity index (χ1v) is 9.45. The number of carbonyl (C=O) groups excluding carboxylic acids is 1. The van der Waals surface area contributed by atoms with Crippen LogP contribution in [0.25, 0.3) is 22.0 Å². The van der Waals surface area contributed by atoms with Gasteiger partial charge in [0.1, 0.15) is 0 Å². The lowest BCUT2D eigenvalue weighted by Gasteiger charge is -2.03. The quantitative estimate of drug-likeness (QED) is 0.382. The van der Waals surface area contributed by atoms with Crippen LogP contribution in [0.2, 0.25) is 0 Å². The fourth-order valence-electron chi connectivity index (χ4n) is 2.99. The van der Waals surface area contributed by atoms with Crippen LogP contribution in [-0.2, 0) is 11.2 Å². The van der Waals surface area contributed by atoms with E-state index in [1.54, 1.807) is 18.2 Å². The number of anilines is 1. The normalized spacial score (nSPS) is 10.7. The van der Waals surface area contributed by atoms with Gasteiger partial charge in [-0.2, -0.15) is 0 Å². The molecule has 7 heteroatoms. The molecule has 1 heterocycles. The number of nitrogens with zero attached hydrogens (tertiary/aromatic N) is 2. The molecule has 0 saturated heterocycles. The average Bonchev–Trinajstić information content (AvgIpc) is 3.16. The number of hydrogen-bond donors (Lipinski definition) is 1. The van der Waals surface area contributed by atoms with Gasteiger partial charge in [-0.05, 0) is 16.8 Å². The molecule has 6 nitrogen and oxygen atoms in total. The van der Waals surface area contributed by atoms with Crippen molar-refractivity contribution in [2.24, 2.45) is 0 Å². The summed E-state index contributed by atoms with van der Waals surface area (Å²) in [6.45, 7) is 0. The molecule has 0 unspecified atom stereocenters. The molecule has 4 aromatic rings. The summed E-state index contributed by atoms with van der Waals surface area (Å²) in [7, 11) is 0. The number of fused-ring (bicyclic) bond motifs is 1. The van der Waals surface area contributed by atoms with E-state index in [1.807, 2.05) is 35.7 Å². The molecule has 0 spiro atoms. The van der Waals surface area contributed by atoms with Gasteiger partial charge in [0.15, 0.2) is 5.13 Å². The Balaban J connectivity index is 1.50. The van der Waals surface area contributed by atoms with Crippen molar-refractivity contribution in [2.45, 2.75) is 6.42 Å². The number of para-hydroxylation sites is 1. The number of thiazole rings is 1. The second kappa shape index (κ2) is 7.58. The van der Waals surface area contributed by atoms with Crippen molar-refractivity contribution in [1.82, 2.24) is 4.98 Å². The maximum Gasteiger partial charge on any atom is 0.273 e. The van der Waals surface area contributed by atoms with Crippen LogP contribution < -0.4 is 5.32 Å². The minimum absolute atomic E-state index is 0.0614. The maximum absolute atomic E-state index is 12.3. The molecule has 0 fully saturated rings. The zero-order chi connectivity index (χ0) is 19.5. The molecular formula is C21H15N3O3S. The van der Waals surface area contributed by atoms with Crippen molar-refractivity contribution in [2.75, 3.05) is 5.32 Å². The molecule has 0 atom stereocenters. The topological polar surface area (TPSA) is 85.1 Å². The molecule has 138 valence electrons. The highest BCUT2D eigenvalue weighted by Gasteiger charge is 2.16. The predicted molar refractivity (Wildman–Crippen MR) is 110 cm³/mol. The molecular weight excluding hydrogens is 374 g/mol. The molecule has 28 heavy (non-hydrogen) atoms. The van der Waals surface area contributed by atoms with E-state index in [1.165, 1.54) is 17.4 Å². The minimum Gasteiger partial charge on any atom is -0.302 e. The molecule has 0 aliphatic rings. The average molecular weight is 389 g/mol. The minimum atomic E-state index is -0.482. The Morgan fingerprint density at radius 1 is 1.04 bits per heavy atom. The van der Waals surface area contributed by atoms with E-state index < -0.39 is 4.92 Å². The van der Waals surface area contributed by atoms with Gasteiger partial charge in [0.25, 0.3) is 5.69 Å². The first-order chi connectivity index (χ1) is 13.6. The van der Waals surface area contributed by atoms with Crippen molar-refractivity contribution in [3.8, 4) is 11.3 Å². The van der Waals surface area contributed by atoms with Gasteiger partial charge >= 0.3 is 0 Å². The fraction of sp³-hybridized carbons (Fsp3) is 0.0476. The Kier molecular flexibility index (Phi) is 4.82. The van der Waals surface area contributed by atoms with E-state index in [0.29, 0.717) is 10.7 Å². The summed E-state index contributed by atoms with van der Waals surface area (Å²) in [5.41, 5.74) is 2.05. The van der Waals surface area contributed by atoms with Crippen LogP contribution in [0.3, 0.4) is 0 Å². The van der Waals surface area contributed by atoms with E-state index >= 15 is 0 Å². The second-order valence-electron chi connectivity index (χ2n) is 6.21. The van der Waals surface area contributed by atoms with Gasteiger partial charge in [-0.1, -0.05) is 54.6 Å². The van der Waals surface area contributed by atoms with Crippen molar-refractivity contribution in [1.29, 1.82) is 0 Å². The number of amides is 1. The Labute approximate surface area is 164 Å². The van der Waals surface area contributed by atoms with Crippen LogP contribution in [-0.4, -0.2) is 15.8 Å².